The van der Waals surface area contributed by atoms with Crippen LogP contribution >= 0.6 is 0 Å². The first-order valence-electron chi connectivity index (χ1n) is 4.86. The zero-order valence-corrected chi connectivity index (χ0v) is 10.1. The molecule has 4 heteroatoms. The van der Waals surface area contributed by atoms with Gasteiger partial charge in [-0.25, -0.2) is 0 Å². The van der Waals surface area contributed by atoms with Crippen LogP contribution in [-0.2, 0) is 10.8 Å². The Bertz CT molecular complexity index is 352. The fourth-order valence-electron chi connectivity index (χ4n) is 1.14. The van der Waals surface area contributed by atoms with Gasteiger partial charge in [0.2, 0.25) is 0 Å². The molecule has 0 radical (unpaired) electrons. The number of nitrogens with two attached hydrogens (primary N) is 1. The van der Waals surface area contributed by atoms with Crippen molar-refractivity contribution in [3.8, 4) is 5.75 Å². The lowest BCUT2D eigenvalue weighted by Gasteiger charge is -2.15. The van der Waals surface area contributed by atoms with Gasteiger partial charge < -0.3 is 10.5 Å². The molecule has 0 aromatic heterocycles. The largest absolute Gasteiger partial charge is 0.497 e. The van der Waals surface area contributed by atoms with E-state index >= 15 is 0 Å². The minimum atomic E-state index is -1.08. The predicted octanol–water partition coefficient (Wildman–Crippen LogP) is 1.54. The van der Waals surface area contributed by atoms with Crippen molar-refractivity contribution in [1.29, 1.82) is 0 Å². The van der Waals surface area contributed by atoms with Crippen LogP contribution in [0.25, 0.3) is 0 Å². The first kappa shape index (κ1) is 12.2. The van der Waals surface area contributed by atoms with E-state index in [9.17, 15) is 4.21 Å². The minimum absolute atomic E-state index is 0.0582. The van der Waals surface area contributed by atoms with Gasteiger partial charge in [0.05, 0.1) is 23.2 Å². The van der Waals surface area contributed by atoms with E-state index in [0.717, 1.165) is 10.6 Å². The summed E-state index contributed by atoms with van der Waals surface area (Å²) in [4.78, 5) is 0.763. The van der Waals surface area contributed by atoms with Crippen molar-refractivity contribution in [3.05, 3.63) is 24.3 Å². The van der Waals surface area contributed by atoms with Gasteiger partial charge in [-0.05, 0) is 32.0 Å². The molecule has 1 aromatic carbocycles. The van der Waals surface area contributed by atoms with Crippen molar-refractivity contribution in [1.82, 2.24) is 0 Å². The number of hydrogen-bond acceptors (Lipinski definition) is 3. The van der Waals surface area contributed by atoms with Gasteiger partial charge in [0.25, 0.3) is 0 Å². The highest BCUT2D eigenvalue weighted by Gasteiger charge is 2.17. The molecule has 0 spiro atoms. The zero-order valence-electron chi connectivity index (χ0n) is 9.27. The van der Waals surface area contributed by atoms with E-state index in [-0.39, 0.29) is 11.3 Å². The van der Waals surface area contributed by atoms with Crippen LogP contribution in [0.15, 0.2) is 29.2 Å². The third kappa shape index (κ3) is 3.04. The fourth-order valence-corrected chi connectivity index (χ4v) is 2.40. The Kier molecular flexibility index (Phi) is 4.29. The van der Waals surface area contributed by atoms with Crippen LogP contribution in [0.2, 0.25) is 0 Å². The van der Waals surface area contributed by atoms with Crippen molar-refractivity contribution in [2.75, 3.05) is 7.11 Å². The first-order chi connectivity index (χ1) is 7.06. The van der Waals surface area contributed by atoms with E-state index in [1.807, 2.05) is 32.0 Å². The highest BCUT2D eigenvalue weighted by molar-refractivity contribution is 7.85. The van der Waals surface area contributed by atoms with Crippen LogP contribution in [-0.4, -0.2) is 22.6 Å². The second kappa shape index (κ2) is 5.28. The number of hydrogen-bond donors (Lipinski definition) is 1. The van der Waals surface area contributed by atoms with E-state index < -0.39 is 10.8 Å². The monoisotopic (exact) mass is 227 g/mol. The summed E-state index contributed by atoms with van der Waals surface area (Å²) >= 11 is 0. The quantitative estimate of drug-likeness (QED) is 0.849. The van der Waals surface area contributed by atoms with Crippen LogP contribution in [0.5, 0.6) is 5.75 Å². The van der Waals surface area contributed by atoms with Crippen LogP contribution in [0, 0.1) is 0 Å². The molecule has 0 saturated heterocycles. The molecule has 3 unspecified atom stereocenters. The SMILES string of the molecule is COc1cccc(S(=O)C(C)C(C)N)c1. The van der Waals surface area contributed by atoms with E-state index in [4.69, 9.17) is 10.5 Å². The van der Waals surface area contributed by atoms with Gasteiger partial charge in [-0.1, -0.05) is 6.07 Å². The zero-order chi connectivity index (χ0) is 11.4. The van der Waals surface area contributed by atoms with Gasteiger partial charge in [0, 0.05) is 10.9 Å². The number of ether oxygens (including phenoxy) is 1. The Balaban J connectivity index is 2.91. The summed E-state index contributed by atoms with van der Waals surface area (Å²) in [6.07, 6.45) is 0. The summed E-state index contributed by atoms with van der Waals surface area (Å²) in [5.41, 5.74) is 5.72. The fraction of sp³-hybridized carbons (Fsp3) is 0.455. The molecular formula is C11H17NO2S. The molecule has 0 amide bonds. The average molecular weight is 227 g/mol. The topological polar surface area (TPSA) is 52.3 Å². The first-order valence-corrected chi connectivity index (χ1v) is 6.07. The normalized spacial score (nSPS) is 16.8. The summed E-state index contributed by atoms with van der Waals surface area (Å²) in [5, 5.41) is -0.0582. The second-order valence-electron chi connectivity index (χ2n) is 3.54. The van der Waals surface area contributed by atoms with Crippen molar-refractivity contribution in [3.63, 3.8) is 0 Å². The highest BCUT2D eigenvalue weighted by atomic mass is 32.2. The van der Waals surface area contributed by atoms with Crippen molar-refractivity contribution >= 4 is 10.8 Å². The summed E-state index contributed by atoms with van der Waals surface area (Å²) in [5.74, 6) is 0.720. The van der Waals surface area contributed by atoms with Gasteiger partial charge in [-0.2, -0.15) is 0 Å². The molecule has 0 aliphatic rings. The van der Waals surface area contributed by atoms with Crippen molar-refractivity contribution < 1.29 is 8.95 Å². The van der Waals surface area contributed by atoms with Gasteiger partial charge >= 0.3 is 0 Å². The molecule has 0 saturated carbocycles. The van der Waals surface area contributed by atoms with Gasteiger partial charge in [0.1, 0.15) is 5.75 Å². The minimum Gasteiger partial charge on any atom is -0.497 e. The Morgan fingerprint density at radius 1 is 1.40 bits per heavy atom. The highest BCUT2D eigenvalue weighted by Crippen LogP contribution is 2.18. The molecule has 3 atom stereocenters. The molecule has 0 bridgehead atoms. The smallest absolute Gasteiger partial charge is 0.120 e. The summed E-state index contributed by atoms with van der Waals surface area (Å²) < 4.78 is 17.1. The van der Waals surface area contributed by atoms with Crippen molar-refractivity contribution in [2.45, 2.75) is 30.0 Å². The van der Waals surface area contributed by atoms with Crippen LogP contribution in [0.3, 0.4) is 0 Å². The van der Waals surface area contributed by atoms with E-state index in [1.54, 1.807) is 13.2 Å². The van der Waals surface area contributed by atoms with Crippen LogP contribution in [0.4, 0.5) is 0 Å². The van der Waals surface area contributed by atoms with Gasteiger partial charge in [0.15, 0.2) is 0 Å². The molecule has 15 heavy (non-hydrogen) atoms. The average Bonchev–Trinajstić information content (AvgIpc) is 2.27. The van der Waals surface area contributed by atoms with E-state index in [1.165, 1.54) is 0 Å². The molecular weight excluding hydrogens is 210 g/mol. The molecule has 84 valence electrons. The lowest BCUT2D eigenvalue weighted by Crippen LogP contribution is -2.32. The Morgan fingerprint density at radius 3 is 2.60 bits per heavy atom. The molecule has 3 nitrogen and oxygen atoms in total. The Morgan fingerprint density at radius 2 is 2.07 bits per heavy atom. The summed E-state index contributed by atoms with van der Waals surface area (Å²) in [6.45, 7) is 3.75. The molecule has 0 aliphatic carbocycles. The third-order valence-corrected chi connectivity index (χ3v) is 4.17. The van der Waals surface area contributed by atoms with Crippen LogP contribution < -0.4 is 10.5 Å². The standard InChI is InChI=1S/C11H17NO2S/c1-8(12)9(2)15(13)11-6-4-5-10(7-11)14-3/h4-9H,12H2,1-3H3. The number of benzene rings is 1. The number of methoxy groups -OCH3 is 1. The maximum atomic E-state index is 12.0. The molecule has 0 fully saturated rings. The van der Waals surface area contributed by atoms with Gasteiger partial charge in [-0.3, -0.25) is 4.21 Å². The van der Waals surface area contributed by atoms with E-state index in [2.05, 4.69) is 0 Å². The second-order valence-corrected chi connectivity index (χ2v) is 5.35. The third-order valence-electron chi connectivity index (χ3n) is 2.35. The Labute approximate surface area is 93.1 Å². The summed E-state index contributed by atoms with van der Waals surface area (Å²) in [6, 6.07) is 7.20. The van der Waals surface area contributed by atoms with Gasteiger partial charge in [-0.15, -0.1) is 0 Å². The molecule has 1 rings (SSSR count). The maximum Gasteiger partial charge on any atom is 0.120 e. The maximum absolute atomic E-state index is 12.0. The molecule has 2 N–H and O–H groups in total. The summed E-state index contributed by atoms with van der Waals surface area (Å²) in [7, 11) is 0.519. The lowest BCUT2D eigenvalue weighted by atomic mass is 10.3. The molecule has 0 aliphatic heterocycles. The van der Waals surface area contributed by atoms with Crippen LogP contribution in [0.1, 0.15) is 13.8 Å². The predicted molar refractivity (Wildman–Crippen MR) is 62.5 cm³/mol. The van der Waals surface area contributed by atoms with E-state index in [0.29, 0.717) is 0 Å². The lowest BCUT2D eigenvalue weighted by molar-refractivity contribution is 0.413. The molecule has 0 heterocycles. The molecule has 1 aromatic rings. The van der Waals surface area contributed by atoms with Crippen molar-refractivity contribution in [2.24, 2.45) is 5.73 Å². The Hall–Kier alpha value is -0.870. The number of rotatable bonds is 4.